The molecule has 31 heavy (non-hydrogen) atoms. The van der Waals surface area contributed by atoms with Gasteiger partial charge in [-0.3, -0.25) is 9.59 Å². The minimum absolute atomic E-state index is 0.0758. The van der Waals surface area contributed by atoms with Gasteiger partial charge in [-0.15, -0.1) is 0 Å². The number of nitrogens with zero attached hydrogens (tertiary/aromatic N) is 1. The molecule has 0 N–H and O–H groups in total. The molecule has 2 heterocycles. The number of carbonyl (C=O) groups is 1. The van der Waals surface area contributed by atoms with E-state index in [1.165, 1.54) is 0 Å². The van der Waals surface area contributed by atoms with E-state index in [2.05, 4.69) is 0 Å². The Morgan fingerprint density at radius 2 is 1.58 bits per heavy atom. The lowest BCUT2D eigenvalue weighted by molar-refractivity contribution is 0.0714. The van der Waals surface area contributed by atoms with E-state index in [-0.39, 0.29) is 17.1 Å². The van der Waals surface area contributed by atoms with Crippen LogP contribution in [0.4, 0.5) is 0 Å². The molecule has 1 aliphatic heterocycles. The number of amides is 1. The average molecular weight is 450 g/mol. The second kappa shape index (κ2) is 7.56. The first-order valence-corrected chi connectivity index (χ1v) is 10.6. The molecule has 0 radical (unpaired) electrons. The Morgan fingerprint density at radius 3 is 2.29 bits per heavy atom. The van der Waals surface area contributed by atoms with Crippen LogP contribution in [-0.4, -0.2) is 10.8 Å². The van der Waals surface area contributed by atoms with Crippen LogP contribution in [0, 0.1) is 6.92 Å². The maximum atomic E-state index is 13.5. The Kier molecular flexibility index (Phi) is 4.84. The van der Waals surface area contributed by atoms with E-state index in [9.17, 15) is 9.59 Å². The van der Waals surface area contributed by atoms with Crippen molar-refractivity contribution in [1.82, 2.24) is 4.90 Å². The third-order valence-electron chi connectivity index (χ3n) is 5.59. The molecule has 0 fully saturated rings. The SMILES string of the molecule is Cc1ccc(CN2C(=O)c3oc4ccc(Cl)cc4c(=O)c3C2c2ccc(Cl)cc2)cc1. The fourth-order valence-corrected chi connectivity index (χ4v) is 4.34. The van der Waals surface area contributed by atoms with Crippen molar-refractivity contribution in [3.8, 4) is 0 Å². The lowest BCUT2D eigenvalue weighted by atomic mass is 9.98. The molecule has 5 rings (SSSR count). The van der Waals surface area contributed by atoms with Gasteiger partial charge in [-0.2, -0.15) is 0 Å². The van der Waals surface area contributed by atoms with Crippen LogP contribution < -0.4 is 5.43 Å². The van der Waals surface area contributed by atoms with Gasteiger partial charge in [-0.1, -0.05) is 65.2 Å². The summed E-state index contributed by atoms with van der Waals surface area (Å²) in [6.07, 6.45) is 0. The highest BCUT2D eigenvalue weighted by molar-refractivity contribution is 6.31. The van der Waals surface area contributed by atoms with Crippen LogP contribution in [0.5, 0.6) is 0 Å². The molecule has 0 bridgehead atoms. The molecule has 0 aliphatic carbocycles. The molecule has 1 aliphatic rings. The van der Waals surface area contributed by atoms with Gasteiger partial charge >= 0.3 is 0 Å². The van der Waals surface area contributed by atoms with Crippen molar-refractivity contribution in [3.63, 3.8) is 0 Å². The summed E-state index contributed by atoms with van der Waals surface area (Å²) in [6.45, 7) is 2.35. The number of aryl methyl sites for hydroxylation is 1. The van der Waals surface area contributed by atoms with E-state index in [4.69, 9.17) is 27.6 Å². The van der Waals surface area contributed by atoms with Gasteiger partial charge in [0.25, 0.3) is 5.91 Å². The normalized spacial score (nSPS) is 15.5. The van der Waals surface area contributed by atoms with Gasteiger partial charge in [0.05, 0.1) is 17.0 Å². The van der Waals surface area contributed by atoms with E-state index >= 15 is 0 Å². The summed E-state index contributed by atoms with van der Waals surface area (Å²) in [4.78, 5) is 28.6. The lowest BCUT2D eigenvalue weighted by Gasteiger charge is -2.25. The van der Waals surface area contributed by atoms with Crippen LogP contribution in [0.25, 0.3) is 11.0 Å². The summed E-state index contributed by atoms with van der Waals surface area (Å²) in [5.74, 6) is -0.239. The minimum atomic E-state index is -0.583. The Labute approximate surface area is 188 Å². The molecule has 1 amide bonds. The van der Waals surface area contributed by atoms with Gasteiger partial charge in [0.1, 0.15) is 5.58 Å². The van der Waals surface area contributed by atoms with Gasteiger partial charge in [0, 0.05) is 16.6 Å². The number of rotatable bonds is 3. The predicted molar refractivity (Wildman–Crippen MR) is 122 cm³/mol. The molecule has 3 aromatic carbocycles. The van der Waals surface area contributed by atoms with Crippen LogP contribution in [0.2, 0.25) is 10.0 Å². The highest BCUT2D eigenvalue weighted by Crippen LogP contribution is 2.39. The summed E-state index contributed by atoms with van der Waals surface area (Å²) in [7, 11) is 0. The summed E-state index contributed by atoms with van der Waals surface area (Å²) < 4.78 is 5.94. The summed E-state index contributed by atoms with van der Waals surface area (Å²) in [5.41, 5.74) is 3.30. The maximum Gasteiger partial charge on any atom is 0.291 e. The molecule has 4 nitrogen and oxygen atoms in total. The molecule has 0 saturated carbocycles. The van der Waals surface area contributed by atoms with Gasteiger partial charge in [0.2, 0.25) is 5.76 Å². The van der Waals surface area contributed by atoms with E-state index in [1.54, 1.807) is 35.2 Å². The van der Waals surface area contributed by atoms with Gasteiger partial charge in [-0.05, 0) is 48.4 Å². The number of hydrogen-bond acceptors (Lipinski definition) is 3. The van der Waals surface area contributed by atoms with Crippen LogP contribution in [0.15, 0.2) is 75.9 Å². The Bertz CT molecular complexity index is 1380. The van der Waals surface area contributed by atoms with Gasteiger partial charge < -0.3 is 9.32 Å². The first-order valence-electron chi connectivity index (χ1n) is 9.80. The zero-order chi connectivity index (χ0) is 21.7. The molecule has 154 valence electrons. The summed E-state index contributed by atoms with van der Waals surface area (Å²) >= 11 is 12.2. The third-order valence-corrected chi connectivity index (χ3v) is 6.07. The summed E-state index contributed by atoms with van der Waals surface area (Å²) in [6, 6.07) is 19.4. The fraction of sp³-hybridized carbons (Fsp3) is 0.120. The predicted octanol–water partition coefficient (Wildman–Crippen LogP) is 6.15. The van der Waals surface area contributed by atoms with Crippen molar-refractivity contribution in [2.45, 2.75) is 19.5 Å². The van der Waals surface area contributed by atoms with Crippen molar-refractivity contribution in [3.05, 3.63) is 115 Å². The number of benzene rings is 3. The second-order valence-corrected chi connectivity index (χ2v) is 8.56. The third kappa shape index (κ3) is 3.42. The quantitative estimate of drug-likeness (QED) is 0.376. The molecule has 1 unspecified atom stereocenters. The van der Waals surface area contributed by atoms with Crippen LogP contribution in [0.3, 0.4) is 0 Å². The molecule has 4 aromatic rings. The molecule has 1 aromatic heterocycles. The van der Waals surface area contributed by atoms with Crippen molar-refractivity contribution in [2.75, 3.05) is 0 Å². The summed E-state index contributed by atoms with van der Waals surface area (Å²) in [5, 5.41) is 1.37. The highest BCUT2D eigenvalue weighted by atomic mass is 35.5. The van der Waals surface area contributed by atoms with Crippen molar-refractivity contribution in [2.24, 2.45) is 0 Å². The molecule has 0 saturated heterocycles. The number of fused-ring (bicyclic) bond motifs is 2. The molecule has 1 atom stereocenters. The van der Waals surface area contributed by atoms with E-state index in [1.807, 2.05) is 43.3 Å². The van der Waals surface area contributed by atoms with Crippen molar-refractivity contribution < 1.29 is 9.21 Å². The average Bonchev–Trinajstić information content (AvgIpc) is 3.03. The number of hydrogen-bond donors (Lipinski definition) is 0. The van der Waals surface area contributed by atoms with E-state index < -0.39 is 6.04 Å². The van der Waals surface area contributed by atoms with Crippen molar-refractivity contribution >= 4 is 40.1 Å². The molecule has 0 spiro atoms. The number of carbonyl (C=O) groups excluding carboxylic acids is 1. The standard InChI is InChI=1S/C25H17Cl2NO3/c1-14-2-4-15(5-3-14)13-28-22(16-6-8-17(26)9-7-16)21-23(29)19-12-18(27)10-11-20(19)31-24(21)25(28)30/h2-12,22H,13H2,1H3. The zero-order valence-electron chi connectivity index (χ0n) is 16.6. The number of halogens is 2. The molecule has 6 heteroatoms. The van der Waals surface area contributed by atoms with E-state index in [0.717, 1.165) is 16.7 Å². The highest BCUT2D eigenvalue weighted by Gasteiger charge is 2.42. The Balaban J connectivity index is 1.72. The van der Waals surface area contributed by atoms with Gasteiger partial charge in [-0.25, -0.2) is 0 Å². The smallest absolute Gasteiger partial charge is 0.291 e. The first-order chi connectivity index (χ1) is 14.9. The Hall–Kier alpha value is -3.08. The topological polar surface area (TPSA) is 50.5 Å². The van der Waals surface area contributed by atoms with E-state index in [0.29, 0.717) is 33.1 Å². The van der Waals surface area contributed by atoms with Crippen LogP contribution in [-0.2, 0) is 6.54 Å². The van der Waals surface area contributed by atoms with Crippen LogP contribution in [0.1, 0.15) is 38.9 Å². The molecular formula is C25H17Cl2NO3. The van der Waals surface area contributed by atoms with Gasteiger partial charge in [0.15, 0.2) is 5.43 Å². The first kappa shape index (κ1) is 19.9. The molecular weight excluding hydrogens is 433 g/mol. The fourth-order valence-electron chi connectivity index (χ4n) is 4.04. The lowest BCUT2D eigenvalue weighted by Crippen LogP contribution is -2.29. The second-order valence-electron chi connectivity index (χ2n) is 7.69. The largest absolute Gasteiger partial charge is 0.450 e. The van der Waals surface area contributed by atoms with Crippen molar-refractivity contribution in [1.29, 1.82) is 0 Å². The zero-order valence-corrected chi connectivity index (χ0v) is 18.1. The van der Waals surface area contributed by atoms with Crippen LogP contribution >= 0.6 is 23.2 Å². The Morgan fingerprint density at radius 1 is 0.903 bits per heavy atom. The monoisotopic (exact) mass is 449 g/mol. The minimum Gasteiger partial charge on any atom is -0.450 e. The maximum absolute atomic E-state index is 13.5.